The number of sulfone groups is 1. The molecule has 2 aromatic heterocycles. The van der Waals surface area contributed by atoms with Crippen LogP contribution in [0.1, 0.15) is 5.56 Å². The fourth-order valence-corrected chi connectivity index (χ4v) is 5.73. The van der Waals surface area contributed by atoms with Crippen LogP contribution in [-0.2, 0) is 15.6 Å². The number of benzene rings is 3. The Bertz CT molecular complexity index is 1700. The minimum absolute atomic E-state index is 0.177. The Morgan fingerprint density at radius 3 is 2.49 bits per heavy atom. The van der Waals surface area contributed by atoms with Crippen molar-refractivity contribution in [1.29, 1.82) is 0 Å². The molecule has 0 radical (unpaired) electrons. The molecule has 0 amide bonds. The largest absolute Gasteiger partial charge is 0.343 e. The Labute approximate surface area is 200 Å². The predicted molar refractivity (Wildman–Crippen MR) is 121 cm³/mol. The molecule has 0 bridgehead atoms. The molecular weight excluding hydrogens is 508 g/mol. The molecule has 0 unspecified atom stereocenters. The van der Waals surface area contributed by atoms with E-state index in [-0.39, 0.29) is 10.5 Å². The molecule has 0 aliphatic rings. The van der Waals surface area contributed by atoms with E-state index in [1.807, 2.05) is 0 Å². The lowest BCUT2D eigenvalue weighted by Crippen LogP contribution is -2.09. The second-order valence-corrected chi connectivity index (χ2v) is 9.95. The topological polar surface area (TPSA) is 91.5 Å². The number of H-pyrrole nitrogens is 2. The van der Waals surface area contributed by atoms with Crippen LogP contribution in [0.15, 0.2) is 59.8 Å². The van der Waals surface area contributed by atoms with Crippen molar-refractivity contribution < 1.29 is 26.0 Å². The molecule has 3 aromatic carbocycles. The molecule has 5 aromatic rings. The summed E-state index contributed by atoms with van der Waals surface area (Å²) in [6.45, 7) is 0. The van der Waals surface area contributed by atoms with Gasteiger partial charge < -0.3 is 4.98 Å². The van der Waals surface area contributed by atoms with Crippen LogP contribution in [0.2, 0.25) is 5.02 Å². The first kappa shape index (κ1) is 23.1. The van der Waals surface area contributed by atoms with Crippen LogP contribution in [0.5, 0.6) is 0 Å². The zero-order chi connectivity index (χ0) is 24.9. The number of aromatic amines is 2. The molecule has 2 N–H and O–H groups in total. The molecule has 2 heterocycles. The van der Waals surface area contributed by atoms with Crippen molar-refractivity contribution in [3.8, 4) is 22.6 Å². The molecule has 5 rings (SSSR count). The van der Waals surface area contributed by atoms with Crippen LogP contribution in [0, 0.1) is 23.3 Å². The van der Waals surface area contributed by atoms with E-state index in [0.717, 1.165) is 30.3 Å². The van der Waals surface area contributed by atoms with Crippen molar-refractivity contribution in [3.05, 3.63) is 88.7 Å². The Balaban J connectivity index is 1.60. The molecule has 0 fully saturated rings. The number of imidazole rings is 1. The van der Waals surface area contributed by atoms with Gasteiger partial charge in [0.25, 0.3) is 0 Å². The maximum atomic E-state index is 15.4. The number of halogens is 5. The Morgan fingerprint density at radius 1 is 0.971 bits per heavy atom. The maximum Gasteiger partial charge on any atom is 0.184 e. The maximum absolute atomic E-state index is 15.4. The summed E-state index contributed by atoms with van der Waals surface area (Å²) in [6, 6.07) is 7.06. The first-order chi connectivity index (χ1) is 16.7. The number of hydrogen-bond acceptors (Lipinski definition) is 4. The molecule has 0 saturated carbocycles. The van der Waals surface area contributed by atoms with Crippen LogP contribution in [-0.4, -0.2) is 28.6 Å². The average molecular weight is 521 g/mol. The Morgan fingerprint density at radius 2 is 1.77 bits per heavy atom. The van der Waals surface area contributed by atoms with E-state index in [1.54, 1.807) is 6.20 Å². The van der Waals surface area contributed by atoms with Gasteiger partial charge in [-0.1, -0.05) is 23.7 Å². The molecule has 0 atom stereocenters. The summed E-state index contributed by atoms with van der Waals surface area (Å²) in [4.78, 5) is 6.51. The predicted octanol–water partition coefficient (Wildman–Crippen LogP) is 5.80. The van der Waals surface area contributed by atoms with Gasteiger partial charge in [-0.2, -0.15) is 5.10 Å². The highest BCUT2D eigenvalue weighted by Crippen LogP contribution is 2.36. The van der Waals surface area contributed by atoms with Crippen molar-refractivity contribution >= 4 is 32.3 Å². The van der Waals surface area contributed by atoms with Crippen LogP contribution < -0.4 is 0 Å². The number of rotatable bonds is 5. The molecule has 0 spiro atoms. The summed E-state index contributed by atoms with van der Waals surface area (Å²) in [5.41, 5.74) is -1.40. The van der Waals surface area contributed by atoms with Crippen molar-refractivity contribution in [2.24, 2.45) is 0 Å². The monoisotopic (exact) mass is 520 g/mol. The van der Waals surface area contributed by atoms with Crippen LogP contribution >= 0.6 is 11.6 Å². The van der Waals surface area contributed by atoms with Gasteiger partial charge in [-0.05, 0) is 30.3 Å². The van der Waals surface area contributed by atoms with Crippen molar-refractivity contribution in [3.63, 3.8) is 0 Å². The molecule has 0 saturated heterocycles. The molecule has 12 heteroatoms. The summed E-state index contributed by atoms with van der Waals surface area (Å²) < 4.78 is 84.5. The Kier molecular flexibility index (Phi) is 5.60. The van der Waals surface area contributed by atoms with Gasteiger partial charge >= 0.3 is 0 Å². The van der Waals surface area contributed by atoms with E-state index in [0.29, 0.717) is 16.9 Å². The van der Waals surface area contributed by atoms with Crippen molar-refractivity contribution in [1.82, 2.24) is 20.2 Å². The van der Waals surface area contributed by atoms with Gasteiger partial charge in [0.15, 0.2) is 21.5 Å². The third-order valence-electron chi connectivity index (χ3n) is 5.41. The first-order valence-corrected chi connectivity index (χ1v) is 12.0. The lowest BCUT2D eigenvalue weighted by molar-refractivity contribution is 0.570. The number of nitrogens with zero attached hydrogens (tertiary/aromatic N) is 2. The Hall–Kier alpha value is -3.70. The standard InChI is InChI=1S/C23H13ClF4N4O2S/c24-15-9-12(25)2-6-17(15)35(33,34)10-11-1-5-16(26)18(19(11)27)13-3-4-14-21(20(13)28)31-32-22(14)23-29-7-8-30-23/h1-9H,10H2,(H,29,30)(H,31,32). The molecule has 178 valence electrons. The molecule has 6 nitrogen and oxygen atoms in total. The van der Waals surface area contributed by atoms with Crippen molar-refractivity contribution in [2.75, 3.05) is 0 Å². The van der Waals surface area contributed by atoms with E-state index >= 15 is 8.78 Å². The number of fused-ring (bicyclic) bond motifs is 1. The van der Waals surface area contributed by atoms with Crippen LogP contribution in [0.3, 0.4) is 0 Å². The van der Waals surface area contributed by atoms with Crippen LogP contribution in [0.4, 0.5) is 17.6 Å². The summed E-state index contributed by atoms with van der Waals surface area (Å²) in [7, 11) is -4.24. The summed E-state index contributed by atoms with van der Waals surface area (Å²) in [5.74, 6) is -4.62. The van der Waals surface area contributed by atoms with E-state index in [4.69, 9.17) is 11.6 Å². The third-order valence-corrected chi connectivity index (χ3v) is 7.56. The highest BCUT2D eigenvalue weighted by molar-refractivity contribution is 7.90. The normalized spacial score (nSPS) is 11.9. The minimum atomic E-state index is -4.24. The second kappa shape index (κ2) is 8.51. The van der Waals surface area contributed by atoms with E-state index in [1.165, 1.54) is 18.3 Å². The van der Waals surface area contributed by atoms with Gasteiger partial charge in [0.2, 0.25) is 0 Å². The van der Waals surface area contributed by atoms with Gasteiger partial charge in [-0.15, -0.1) is 0 Å². The summed E-state index contributed by atoms with van der Waals surface area (Å²) in [6.07, 6.45) is 3.06. The quantitative estimate of drug-likeness (QED) is 0.226. The number of nitrogens with one attached hydrogen (secondary N) is 2. The SMILES string of the molecule is O=S(=O)(Cc1ccc(F)c(-c2ccc3c(-c4ncc[nH]4)[nH]nc3c2F)c1F)c1ccc(F)cc1Cl. The zero-order valence-corrected chi connectivity index (χ0v) is 19.0. The summed E-state index contributed by atoms with van der Waals surface area (Å²) >= 11 is 5.85. The fraction of sp³-hybridized carbons (Fsp3) is 0.0435. The third kappa shape index (κ3) is 3.96. The van der Waals surface area contributed by atoms with E-state index in [2.05, 4.69) is 20.2 Å². The van der Waals surface area contributed by atoms with Gasteiger partial charge in [0.05, 0.1) is 21.2 Å². The zero-order valence-electron chi connectivity index (χ0n) is 17.4. The van der Waals surface area contributed by atoms with Crippen LogP contribution in [0.25, 0.3) is 33.5 Å². The van der Waals surface area contributed by atoms with Gasteiger partial charge in [-0.25, -0.2) is 31.0 Å². The first-order valence-electron chi connectivity index (χ1n) is 9.99. The highest BCUT2D eigenvalue weighted by atomic mass is 35.5. The van der Waals surface area contributed by atoms with E-state index in [9.17, 15) is 17.2 Å². The fourth-order valence-electron chi connectivity index (χ4n) is 3.79. The molecular formula is C23H13ClF4N4O2S. The average Bonchev–Trinajstić information content (AvgIpc) is 3.47. The molecule has 0 aliphatic heterocycles. The van der Waals surface area contributed by atoms with E-state index < -0.39 is 60.4 Å². The number of aromatic nitrogens is 4. The second-order valence-electron chi connectivity index (χ2n) is 7.59. The lowest BCUT2D eigenvalue weighted by Gasteiger charge is -2.12. The minimum Gasteiger partial charge on any atom is -0.343 e. The van der Waals surface area contributed by atoms with Gasteiger partial charge in [-0.3, -0.25) is 5.10 Å². The molecule has 35 heavy (non-hydrogen) atoms. The summed E-state index contributed by atoms with van der Waals surface area (Å²) in [5, 5.41) is 6.50. The lowest BCUT2D eigenvalue weighted by atomic mass is 9.99. The smallest absolute Gasteiger partial charge is 0.184 e. The number of hydrogen-bond donors (Lipinski definition) is 2. The molecule has 0 aliphatic carbocycles. The highest BCUT2D eigenvalue weighted by Gasteiger charge is 2.26. The van der Waals surface area contributed by atoms with Crippen molar-refractivity contribution in [2.45, 2.75) is 10.6 Å². The van der Waals surface area contributed by atoms with Gasteiger partial charge in [0.1, 0.15) is 28.7 Å². The van der Waals surface area contributed by atoms with Gasteiger partial charge in [0, 0.05) is 28.9 Å².